The molecule has 0 saturated heterocycles. The number of benzene rings is 2. The number of hydrogen-bond donors (Lipinski definition) is 2. The van der Waals surface area contributed by atoms with Crippen molar-refractivity contribution in [2.45, 2.75) is 13.1 Å². The Morgan fingerprint density at radius 3 is 2.62 bits per heavy atom. The summed E-state index contributed by atoms with van der Waals surface area (Å²) < 4.78 is 16.6. The zero-order chi connectivity index (χ0) is 29.5. The van der Waals surface area contributed by atoms with E-state index in [1.807, 2.05) is 44.4 Å². The van der Waals surface area contributed by atoms with Crippen LogP contribution < -0.4 is 16.2 Å². The van der Waals surface area contributed by atoms with Crippen LogP contribution in [0.25, 0.3) is 10.9 Å². The van der Waals surface area contributed by atoms with E-state index in [9.17, 15) is 9.59 Å². The van der Waals surface area contributed by atoms with Gasteiger partial charge < -0.3 is 20.1 Å². The molecule has 2 N–H and O–H groups in total. The van der Waals surface area contributed by atoms with Gasteiger partial charge in [-0.15, -0.1) is 0 Å². The molecule has 0 aliphatic heterocycles. The van der Waals surface area contributed by atoms with Crippen molar-refractivity contribution in [3.63, 3.8) is 0 Å². The summed E-state index contributed by atoms with van der Waals surface area (Å²) in [5.41, 5.74) is 2.98. The number of aromatic nitrogens is 4. The summed E-state index contributed by atoms with van der Waals surface area (Å²) in [6.45, 7) is 1.06. The van der Waals surface area contributed by atoms with Gasteiger partial charge in [-0.05, 0) is 67.7 Å². The van der Waals surface area contributed by atoms with Crippen LogP contribution in [0.4, 0.5) is 16.0 Å². The highest BCUT2D eigenvalue weighted by atomic mass is 19.1. The van der Waals surface area contributed by atoms with Gasteiger partial charge in [0, 0.05) is 37.0 Å². The van der Waals surface area contributed by atoms with Gasteiger partial charge in [0.2, 0.25) is 5.95 Å². The minimum absolute atomic E-state index is 0.00820. The van der Waals surface area contributed by atoms with Gasteiger partial charge in [-0.2, -0.15) is 0 Å². The Kier molecular flexibility index (Phi) is 8.61. The molecule has 0 atom stereocenters. The van der Waals surface area contributed by atoms with Crippen LogP contribution in [0.2, 0.25) is 0 Å². The second-order valence-corrected chi connectivity index (χ2v) is 9.81. The van der Waals surface area contributed by atoms with Crippen molar-refractivity contribution >= 4 is 28.4 Å². The Morgan fingerprint density at radius 2 is 1.86 bits per heavy atom. The summed E-state index contributed by atoms with van der Waals surface area (Å²) in [5.74, 6) is 4.73. The molecule has 0 aliphatic carbocycles. The van der Waals surface area contributed by atoms with Crippen molar-refractivity contribution < 1.29 is 9.18 Å². The van der Waals surface area contributed by atoms with E-state index in [4.69, 9.17) is 0 Å². The Hall–Kier alpha value is -5.40. The molecule has 10 heteroatoms. The highest BCUT2D eigenvalue weighted by molar-refractivity contribution is 5.94. The van der Waals surface area contributed by atoms with Crippen molar-refractivity contribution in [1.82, 2.24) is 29.7 Å². The fourth-order valence-electron chi connectivity index (χ4n) is 4.30. The predicted octanol–water partition coefficient (Wildman–Crippen LogP) is 3.96. The summed E-state index contributed by atoms with van der Waals surface area (Å²) in [7, 11) is 4.03. The third kappa shape index (κ3) is 6.83. The number of halogens is 1. The molecule has 3 heterocycles. The van der Waals surface area contributed by atoms with Gasteiger partial charge >= 0.3 is 0 Å². The summed E-state index contributed by atoms with van der Waals surface area (Å²) in [5, 5.41) is 5.98. The van der Waals surface area contributed by atoms with Crippen LogP contribution in [-0.2, 0) is 13.1 Å². The monoisotopic (exact) mass is 561 g/mol. The van der Waals surface area contributed by atoms with Gasteiger partial charge in [-0.25, -0.2) is 14.4 Å². The Bertz CT molecular complexity index is 1840. The lowest BCUT2D eigenvalue weighted by molar-refractivity contribution is 0.0956. The van der Waals surface area contributed by atoms with E-state index in [-0.39, 0.29) is 23.1 Å². The summed E-state index contributed by atoms with van der Waals surface area (Å²) in [6, 6.07) is 17.9. The molecule has 210 valence electrons. The van der Waals surface area contributed by atoms with Crippen LogP contribution in [0.1, 0.15) is 27.0 Å². The lowest BCUT2D eigenvalue weighted by Gasteiger charge is -2.11. The quantitative estimate of drug-likeness (QED) is 0.276. The van der Waals surface area contributed by atoms with E-state index in [0.29, 0.717) is 18.0 Å². The van der Waals surface area contributed by atoms with Gasteiger partial charge in [0.15, 0.2) is 0 Å². The molecule has 9 nitrogen and oxygen atoms in total. The number of fused-ring (bicyclic) bond motifs is 1. The largest absolute Gasteiger partial charge is 0.341 e. The van der Waals surface area contributed by atoms with Crippen LogP contribution >= 0.6 is 0 Å². The standard InChI is InChI=1S/C32H28FN7O2/c1-39(2)20-22-9-12-25(13-10-22)37-32-36-19-27-28(38-32)14-11-24(29(27)33)7-4-16-35-30(41)26-8-5-17-40(31(26)42)21-23-6-3-15-34-18-23/h3,5-6,8-15,17-19H,16,20-21H2,1-2H3,(H,35,41)(H,36,37,38). The van der Waals surface area contributed by atoms with Crippen LogP contribution in [0.5, 0.6) is 0 Å². The number of carbonyl (C=O) groups is 1. The lowest BCUT2D eigenvalue weighted by Crippen LogP contribution is -2.33. The maximum atomic E-state index is 15.2. The minimum atomic E-state index is -0.561. The van der Waals surface area contributed by atoms with Crippen molar-refractivity contribution in [1.29, 1.82) is 0 Å². The van der Waals surface area contributed by atoms with Crippen LogP contribution in [-0.4, -0.2) is 51.0 Å². The van der Waals surface area contributed by atoms with Crippen molar-refractivity contribution in [3.8, 4) is 11.8 Å². The number of carbonyl (C=O) groups excluding carboxylic acids is 1. The normalized spacial score (nSPS) is 10.8. The molecule has 5 aromatic rings. The van der Waals surface area contributed by atoms with E-state index in [2.05, 4.69) is 42.3 Å². The first-order valence-corrected chi connectivity index (χ1v) is 13.2. The van der Waals surface area contributed by atoms with E-state index < -0.39 is 17.3 Å². The number of nitrogens with one attached hydrogen (secondary N) is 2. The highest BCUT2D eigenvalue weighted by Gasteiger charge is 2.12. The van der Waals surface area contributed by atoms with Crippen LogP contribution in [0.3, 0.4) is 0 Å². The van der Waals surface area contributed by atoms with Crippen molar-refractivity contribution in [3.05, 3.63) is 124 Å². The van der Waals surface area contributed by atoms with Crippen LogP contribution in [0, 0.1) is 17.7 Å². The SMILES string of the molecule is CN(C)Cc1ccc(Nc2ncc3c(F)c(C#CCNC(=O)c4cccn(Cc5cccnc5)c4=O)ccc3n2)cc1. The van der Waals surface area contributed by atoms with Crippen LogP contribution in [0.15, 0.2) is 90.2 Å². The molecule has 0 bridgehead atoms. The topological polar surface area (TPSA) is 105 Å². The molecular formula is C32H28FN7O2. The van der Waals surface area contributed by atoms with Gasteiger partial charge in [0.1, 0.15) is 11.4 Å². The molecule has 5 rings (SSSR count). The van der Waals surface area contributed by atoms with Crippen molar-refractivity contribution in [2.24, 2.45) is 0 Å². The molecule has 0 radical (unpaired) electrons. The number of anilines is 2. The summed E-state index contributed by atoms with van der Waals surface area (Å²) >= 11 is 0. The molecule has 0 fully saturated rings. The zero-order valence-electron chi connectivity index (χ0n) is 23.1. The summed E-state index contributed by atoms with van der Waals surface area (Å²) in [6.07, 6.45) is 6.34. The Morgan fingerprint density at radius 1 is 1.02 bits per heavy atom. The zero-order valence-corrected chi connectivity index (χ0v) is 23.1. The van der Waals surface area contributed by atoms with Gasteiger partial charge in [0.05, 0.1) is 29.6 Å². The molecule has 1 amide bonds. The highest BCUT2D eigenvalue weighted by Crippen LogP contribution is 2.21. The number of pyridine rings is 2. The molecule has 0 unspecified atom stereocenters. The fourth-order valence-corrected chi connectivity index (χ4v) is 4.30. The van der Waals surface area contributed by atoms with E-state index in [0.717, 1.165) is 17.8 Å². The minimum Gasteiger partial charge on any atom is -0.341 e. The smallest absolute Gasteiger partial charge is 0.263 e. The van der Waals surface area contributed by atoms with E-state index in [1.165, 1.54) is 28.5 Å². The second-order valence-electron chi connectivity index (χ2n) is 9.81. The number of nitrogens with zero attached hydrogens (tertiary/aromatic N) is 5. The van der Waals surface area contributed by atoms with Gasteiger partial charge in [0.25, 0.3) is 11.5 Å². The first-order chi connectivity index (χ1) is 20.4. The lowest BCUT2D eigenvalue weighted by atomic mass is 10.1. The molecule has 2 aromatic carbocycles. The average molecular weight is 562 g/mol. The van der Waals surface area contributed by atoms with Gasteiger partial charge in [-0.1, -0.05) is 30.0 Å². The second kappa shape index (κ2) is 12.8. The third-order valence-corrected chi connectivity index (χ3v) is 6.31. The Balaban J connectivity index is 1.22. The van der Waals surface area contributed by atoms with E-state index in [1.54, 1.807) is 36.8 Å². The molecule has 3 aromatic heterocycles. The van der Waals surface area contributed by atoms with Crippen molar-refractivity contribution in [2.75, 3.05) is 26.0 Å². The fraction of sp³-hybridized carbons (Fsp3) is 0.156. The number of hydrogen-bond acceptors (Lipinski definition) is 7. The molecule has 0 aliphatic rings. The van der Waals surface area contributed by atoms with Gasteiger partial charge in [-0.3, -0.25) is 14.6 Å². The molecule has 0 spiro atoms. The predicted molar refractivity (Wildman–Crippen MR) is 160 cm³/mol. The number of amides is 1. The third-order valence-electron chi connectivity index (χ3n) is 6.31. The first kappa shape index (κ1) is 28.1. The Labute approximate surface area is 242 Å². The molecule has 42 heavy (non-hydrogen) atoms. The first-order valence-electron chi connectivity index (χ1n) is 13.2. The molecule has 0 saturated carbocycles. The molecular weight excluding hydrogens is 533 g/mol. The average Bonchev–Trinajstić information content (AvgIpc) is 2.98. The van der Waals surface area contributed by atoms with E-state index >= 15 is 4.39 Å². The number of rotatable bonds is 8. The summed E-state index contributed by atoms with van der Waals surface area (Å²) in [4.78, 5) is 40.3. The maximum absolute atomic E-state index is 15.2. The maximum Gasteiger partial charge on any atom is 0.263 e.